The van der Waals surface area contributed by atoms with Crippen LogP contribution in [0.4, 0.5) is 5.69 Å². The third-order valence-corrected chi connectivity index (χ3v) is 1.60. The zero-order valence-electron chi connectivity index (χ0n) is 7.64. The topological polar surface area (TPSA) is 52.4 Å². The summed E-state index contributed by atoms with van der Waals surface area (Å²) in [5.74, 6) is 2.53. The molecule has 0 heterocycles. The molecule has 14 heavy (non-hydrogen) atoms. The van der Waals surface area contributed by atoms with Crippen LogP contribution in [-0.4, -0.2) is 11.0 Å². The normalized spacial score (nSPS) is 11.4. The molecule has 0 aliphatic rings. The predicted molar refractivity (Wildman–Crippen MR) is 52.0 cm³/mol. The average Bonchev–Trinajstić information content (AvgIpc) is 2.18. The van der Waals surface area contributed by atoms with Gasteiger partial charge in [-0.15, -0.1) is 6.42 Å². The Morgan fingerprint density at radius 2 is 2.21 bits per heavy atom. The Morgan fingerprint density at radius 1 is 1.57 bits per heavy atom. The Kier molecular flexibility index (Phi) is 3.08. The molecule has 1 unspecified atom stereocenters. The molecule has 1 rings (SSSR count). The summed E-state index contributed by atoms with van der Waals surface area (Å²) in [5.41, 5.74) is -0.0744. The van der Waals surface area contributed by atoms with E-state index in [2.05, 4.69) is 5.92 Å². The molecule has 72 valence electrons. The van der Waals surface area contributed by atoms with Gasteiger partial charge in [-0.2, -0.15) is 0 Å². The first kappa shape index (κ1) is 10.1. The Labute approximate surface area is 81.7 Å². The standard InChI is InChI=1S/C10H9NO3/c1-3-8(2)14-10-7-5-4-6-9(10)11(12)13/h1,4-8H,2H3. The number of rotatable bonds is 3. The van der Waals surface area contributed by atoms with Gasteiger partial charge in [0.2, 0.25) is 0 Å². The van der Waals surface area contributed by atoms with E-state index in [1.165, 1.54) is 12.1 Å². The maximum atomic E-state index is 10.6. The van der Waals surface area contributed by atoms with Crippen molar-refractivity contribution in [1.82, 2.24) is 0 Å². The number of hydrogen-bond acceptors (Lipinski definition) is 3. The third kappa shape index (κ3) is 2.23. The van der Waals surface area contributed by atoms with Gasteiger partial charge in [-0.1, -0.05) is 18.1 Å². The molecule has 0 bridgehead atoms. The monoisotopic (exact) mass is 191 g/mol. The van der Waals surface area contributed by atoms with Crippen molar-refractivity contribution in [2.45, 2.75) is 13.0 Å². The van der Waals surface area contributed by atoms with Crippen molar-refractivity contribution in [3.63, 3.8) is 0 Å². The number of nitro groups is 1. The maximum absolute atomic E-state index is 10.6. The maximum Gasteiger partial charge on any atom is 0.310 e. The van der Waals surface area contributed by atoms with Gasteiger partial charge in [-0.05, 0) is 13.0 Å². The molecule has 0 fully saturated rings. The number of nitrogens with zero attached hydrogens (tertiary/aromatic N) is 1. The molecular formula is C10H9NO3. The average molecular weight is 191 g/mol. The molecule has 0 saturated carbocycles. The van der Waals surface area contributed by atoms with E-state index in [1.54, 1.807) is 19.1 Å². The van der Waals surface area contributed by atoms with Crippen LogP contribution in [0.15, 0.2) is 24.3 Å². The molecule has 4 heteroatoms. The van der Waals surface area contributed by atoms with E-state index in [0.717, 1.165) is 0 Å². The lowest BCUT2D eigenvalue weighted by atomic mass is 10.3. The van der Waals surface area contributed by atoms with Gasteiger partial charge in [0.05, 0.1) is 4.92 Å². The molecule has 1 aromatic carbocycles. The smallest absolute Gasteiger partial charge is 0.310 e. The van der Waals surface area contributed by atoms with Crippen LogP contribution in [0.2, 0.25) is 0 Å². The second-order valence-corrected chi connectivity index (χ2v) is 2.65. The highest BCUT2D eigenvalue weighted by atomic mass is 16.6. The highest BCUT2D eigenvalue weighted by Crippen LogP contribution is 2.26. The molecule has 0 aliphatic heterocycles. The second kappa shape index (κ2) is 4.28. The van der Waals surface area contributed by atoms with Crippen LogP contribution in [0.25, 0.3) is 0 Å². The summed E-state index contributed by atoms with van der Waals surface area (Å²) in [6, 6.07) is 6.13. The lowest BCUT2D eigenvalue weighted by Crippen LogP contribution is -2.09. The third-order valence-electron chi connectivity index (χ3n) is 1.60. The van der Waals surface area contributed by atoms with Crippen LogP contribution in [0, 0.1) is 22.5 Å². The fourth-order valence-corrected chi connectivity index (χ4v) is 0.932. The zero-order chi connectivity index (χ0) is 10.6. The van der Waals surface area contributed by atoms with Gasteiger partial charge in [0, 0.05) is 6.07 Å². The van der Waals surface area contributed by atoms with Gasteiger partial charge in [0.25, 0.3) is 0 Å². The first-order valence-corrected chi connectivity index (χ1v) is 4.01. The Morgan fingerprint density at radius 3 is 2.79 bits per heavy atom. The van der Waals surface area contributed by atoms with Crippen molar-refractivity contribution < 1.29 is 9.66 Å². The zero-order valence-corrected chi connectivity index (χ0v) is 7.64. The highest BCUT2D eigenvalue weighted by molar-refractivity contribution is 5.46. The molecule has 0 spiro atoms. The van der Waals surface area contributed by atoms with Crippen LogP contribution >= 0.6 is 0 Å². The summed E-state index contributed by atoms with van der Waals surface area (Å²) in [4.78, 5) is 10.1. The number of ether oxygens (including phenoxy) is 1. The van der Waals surface area contributed by atoms with E-state index in [-0.39, 0.29) is 11.4 Å². The second-order valence-electron chi connectivity index (χ2n) is 2.65. The number of benzene rings is 1. The largest absolute Gasteiger partial charge is 0.471 e. The van der Waals surface area contributed by atoms with Gasteiger partial charge in [0.1, 0.15) is 0 Å². The minimum atomic E-state index is -0.501. The fraction of sp³-hybridized carbons (Fsp3) is 0.200. The molecule has 1 atom stereocenters. The molecule has 0 aromatic heterocycles. The quantitative estimate of drug-likeness (QED) is 0.417. The fourth-order valence-electron chi connectivity index (χ4n) is 0.932. The number of nitro benzene ring substituents is 1. The predicted octanol–water partition coefficient (Wildman–Crippen LogP) is 2.00. The molecule has 0 radical (unpaired) electrons. The summed E-state index contributed by atoms with van der Waals surface area (Å²) < 4.78 is 5.18. The number of terminal acetylenes is 1. The SMILES string of the molecule is C#CC(C)Oc1ccccc1[N+](=O)[O-]. The van der Waals surface area contributed by atoms with E-state index < -0.39 is 11.0 Å². The van der Waals surface area contributed by atoms with E-state index in [0.29, 0.717) is 0 Å². The summed E-state index contributed by atoms with van der Waals surface area (Å²) in [6.45, 7) is 1.65. The number of hydrogen-bond donors (Lipinski definition) is 0. The van der Waals surface area contributed by atoms with Crippen LogP contribution in [0.1, 0.15) is 6.92 Å². The first-order chi connectivity index (χ1) is 6.65. The van der Waals surface area contributed by atoms with Crippen molar-refractivity contribution in [1.29, 1.82) is 0 Å². The molecular weight excluding hydrogens is 182 g/mol. The van der Waals surface area contributed by atoms with Gasteiger partial charge >= 0.3 is 5.69 Å². The summed E-state index contributed by atoms with van der Waals surface area (Å²) >= 11 is 0. The Bertz CT molecular complexity index is 381. The van der Waals surface area contributed by atoms with Crippen molar-refractivity contribution in [3.05, 3.63) is 34.4 Å². The van der Waals surface area contributed by atoms with E-state index >= 15 is 0 Å². The molecule has 0 aliphatic carbocycles. The summed E-state index contributed by atoms with van der Waals surface area (Å²) in [7, 11) is 0. The minimum absolute atomic E-state index is 0.0744. The molecule has 4 nitrogen and oxygen atoms in total. The van der Waals surface area contributed by atoms with Gasteiger partial charge in [-0.3, -0.25) is 10.1 Å². The minimum Gasteiger partial charge on any atom is -0.471 e. The molecule has 0 N–H and O–H groups in total. The lowest BCUT2D eigenvalue weighted by Gasteiger charge is -2.08. The van der Waals surface area contributed by atoms with Crippen molar-refractivity contribution in [3.8, 4) is 18.1 Å². The van der Waals surface area contributed by atoms with Crippen LogP contribution < -0.4 is 4.74 Å². The number of para-hydroxylation sites is 2. The molecule has 1 aromatic rings. The highest BCUT2D eigenvalue weighted by Gasteiger charge is 2.14. The van der Waals surface area contributed by atoms with Gasteiger partial charge in [0.15, 0.2) is 11.9 Å². The van der Waals surface area contributed by atoms with E-state index in [1.807, 2.05) is 0 Å². The van der Waals surface area contributed by atoms with Crippen molar-refractivity contribution in [2.75, 3.05) is 0 Å². The summed E-state index contributed by atoms with van der Waals surface area (Å²) in [6.07, 6.45) is 4.63. The van der Waals surface area contributed by atoms with Gasteiger partial charge < -0.3 is 4.74 Å². The molecule has 0 amide bonds. The van der Waals surface area contributed by atoms with Crippen molar-refractivity contribution >= 4 is 5.69 Å². The molecule has 0 saturated heterocycles. The first-order valence-electron chi connectivity index (χ1n) is 4.01. The Balaban J connectivity index is 2.97. The van der Waals surface area contributed by atoms with E-state index in [9.17, 15) is 10.1 Å². The van der Waals surface area contributed by atoms with Gasteiger partial charge in [-0.25, -0.2) is 0 Å². The lowest BCUT2D eigenvalue weighted by molar-refractivity contribution is -0.386. The van der Waals surface area contributed by atoms with Crippen LogP contribution in [0.3, 0.4) is 0 Å². The Hall–Kier alpha value is -2.02. The van der Waals surface area contributed by atoms with E-state index in [4.69, 9.17) is 11.2 Å². The van der Waals surface area contributed by atoms with Crippen LogP contribution in [0.5, 0.6) is 5.75 Å². The summed E-state index contributed by atoms with van der Waals surface area (Å²) in [5, 5.41) is 10.6. The van der Waals surface area contributed by atoms with Crippen molar-refractivity contribution in [2.24, 2.45) is 0 Å². The van der Waals surface area contributed by atoms with Crippen LogP contribution in [-0.2, 0) is 0 Å².